The van der Waals surface area contributed by atoms with Gasteiger partial charge in [0.2, 0.25) is 21.9 Å². The monoisotopic (exact) mass is 272 g/mol. The molecule has 2 rings (SSSR count). The average Bonchev–Trinajstić information content (AvgIpc) is 2.56. The third-order valence-corrected chi connectivity index (χ3v) is 3.52. The molecule has 1 aromatic rings. The highest BCUT2D eigenvalue weighted by Gasteiger charge is 2.33. The van der Waals surface area contributed by atoms with Crippen molar-refractivity contribution in [3.8, 4) is 0 Å². The molecule has 1 unspecified atom stereocenters. The topological polar surface area (TPSA) is 126 Å². The van der Waals surface area contributed by atoms with Gasteiger partial charge in [0.1, 0.15) is 0 Å². The normalized spacial score (nSPS) is 20.4. The number of hydrogen-bond donors (Lipinski definition) is 2. The van der Waals surface area contributed by atoms with Gasteiger partial charge in [-0.3, -0.25) is 19.5 Å². The number of rotatable bonds is 3. The zero-order valence-electron chi connectivity index (χ0n) is 9.37. The highest BCUT2D eigenvalue weighted by molar-refractivity contribution is 7.89. The van der Waals surface area contributed by atoms with E-state index in [-0.39, 0.29) is 42.1 Å². The van der Waals surface area contributed by atoms with E-state index in [4.69, 9.17) is 5.14 Å². The molecule has 9 heteroatoms. The smallest absolute Gasteiger partial charge is 0.252 e. The minimum absolute atomic E-state index is 0.0784. The Labute approximate surface area is 103 Å². The van der Waals surface area contributed by atoms with Crippen LogP contribution in [-0.2, 0) is 14.8 Å². The van der Waals surface area contributed by atoms with E-state index in [0.717, 1.165) is 0 Å². The molecule has 0 bridgehead atoms. The number of carbonyl (C=O) groups is 1. The van der Waals surface area contributed by atoms with Crippen molar-refractivity contribution in [2.45, 2.75) is 6.42 Å². The van der Waals surface area contributed by atoms with E-state index in [1.165, 1.54) is 17.2 Å². The molecule has 1 saturated heterocycles. The number of anilines is 1. The summed E-state index contributed by atoms with van der Waals surface area (Å²) in [6.07, 6.45) is 1.36. The van der Waals surface area contributed by atoms with Crippen LogP contribution in [-0.4, -0.2) is 36.6 Å². The highest BCUT2D eigenvalue weighted by Crippen LogP contribution is 2.21. The summed E-state index contributed by atoms with van der Waals surface area (Å²) in [6.45, 7) is 0.183. The van der Waals surface area contributed by atoms with E-state index < -0.39 is 10.0 Å². The average molecular weight is 272 g/mol. The summed E-state index contributed by atoms with van der Waals surface area (Å²) in [5, 5.41) is 4.94. The largest absolute Gasteiger partial charge is 0.292 e. The quantitative estimate of drug-likeness (QED) is 0.686. The van der Waals surface area contributed by atoms with Crippen LogP contribution in [0.3, 0.4) is 0 Å². The maximum atomic E-state index is 11.7. The van der Waals surface area contributed by atoms with Gasteiger partial charge in [-0.05, 0) is 0 Å². The minimum atomic E-state index is -3.62. The molecule has 2 heterocycles. The highest BCUT2D eigenvalue weighted by atomic mass is 32.2. The first-order valence-corrected chi connectivity index (χ1v) is 6.93. The molecule has 0 saturated carbocycles. The first-order chi connectivity index (χ1) is 8.35. The van der Waals surface area contributed by atoms with Gasteiger partial charge in [0.15, 0.2) is 0 Å². The lowest BCUT2D eigenvalue weighted by molar-refractivity contribution is -0.117. The van der Waals surface area contributed by atoms with E-state index in [0.29, 0.717) is 0 Å². The molecule has 1 amide bonds. The Morgan fingerprint density at radius 2 is 2.22 bits per heavy atom. The molecule has 0 spiro atoms. The first kappa shape index (κ1) is 12.7. The molecule has 98 valence electrons. The van der Waals surface area contributed by atoms with Crippen LogP contribution < -0.4 is 15.6 Å². The van der Waals surface area contributed by atoms with E-state index in [2.05, 4.69) is 9.97 Å². The van der Waals surface area contributed by atoms with Gasteiger partial charge in [-0.1, -0.05) is 0 Å². The third kappa shape index (κ3) is 2.93. The molecule has 1 atom stereocenters. The molecular formula is C9H12N4O4S. The number of aromatic nitrogens is 2. The van der Waals surface area contributed by atoms with Gasteiger partial charge in [-0.25, -0.2) is 18.5 Å². The number of H-pyrrole nitrogens is 1. The summed E-state index contributed by atoms with van der Waals surface area (Å²) in [7, 11) is -3.62. The molecule has 1 aliphatic rings. The Morgan fingerprint density at radius 1 is 1.50 bits per heavy atom. The Kier molecular flexibility index (Phi) is 3.18. The first-order valence-electron chi connectivity index (χ1n) is 5.21. The Balaban J connectivity index is 2.17. The van der Waals surface area contributed by atoms with Crippen LogP contribution in [0.1, 0.15) is 6.42 Å². The number of amides is 1. The number of nitrogens with one attached hydrogen (secondary N) is 1. The van der Waals surface area contributed by atoms with Gasteiger partial charge < -0.3 is 0 Å². The maximum absolute atomic E-state index is 11.7. The summed E-state index contributed by atoms with van der Waals surface area (Å²) >= 11 is 0. The lowest BCUT2D eigenvalue weighted by Gasteiger charge is -2.14. The van der Waals surface area contributed by atoms with Crippen LogP contribution in [0.4, 0.5) is 5.95 Å². The van der Waals surface area contributed by atoms with E-state index in [9.17, 15) is 18.0 Å². The van der Waals surface area contributed by atoms with Gasteiger partial charge in [-0.2, -0.15) is 0 Å². The second-order valence-corrected chi connectivity index (χ2v) is 5.82. The number of primary sulfonamides is 1. The predicted octanol–water partition coefficient (Wildman–Crippen LogP) is -1.59. The van der Waals surface area contributed by atoms with Gasteiger partial charge in [0.25, 0.3) is 5.56 Å². The molecule has 0 aliphatic carbocycles. The van der Waals surface area contributed by atoms with Crippen molar-refractivity contribution >= 4 is 21.9 Å². The van der Waals surface area contributed by atoms with Gasteiger partial charge in [-0.15, -0.1) is 0 Å². The fourth-order valence-corrected chi connectivity index (χ4v) is 2.80. The maximum Gasteiger partial charge on any atom is 0.252 e. The number of nitrogens with two attached hydrogens (primary N) is 1. The molecule has 0 radical (unpaired) electrons. The summed E-state index contributed by atoms with van der Waals surface area (Å²) in [4.78, 5) is 30.4. The SMILES string of the molecule is NS(=O)(=O)CC1CC(=O)N(c2nccc(=O)[nH]2)C1. The van der Waals surface area contributed by atoms with E-state index in [1.807, 2.05) is 0 Å². The molecule has 1 fully saturated rings. The van der Waals surface area contributed by atoms with E-state index in [1.54, 1.807) is 0 Å². The number of carbonyl (C=O) groups excluding carboxylic acids is 1. The molecule has 0 aromatic carbocycles. The van der Waals surface area contributed by atoms with Crippen LogP contribution in [0.5, 0.6) is 0 Å². The fraction of sp³-hybridized carbons (Fsp3) is 0.444. The van der Waals surface area contributed by atoms with Crippen LogP contribution in [0, 0.1) is 5.92 Å². The molecular weight excluding hydrogens is 260 g/mol. The van der Waals surface area contributed by atoms with Crippen molar-refractivity contribution in [3.05, 3.63) is 22.6 Å². The zero-order valence-corrected chi connectivity index (χ0v) is 10.2. The second-order valence-electron chi connectivity index (χ2n) is 4.16. The zero-order chi connectivity index (χ0) is 13.3. The van der Waals surface area contributed by atoms with Crippen molar-refractivity contribution < 1.29 is 13.2 Å². The number of hydrogen-bond acceptors (Lipinski definition) is 5. The summed E-state index contributed by atoms with van der Waals surface area (Å²) in [5.74, 6) is -0.785. The number of nitrogens with zero attached hydrogens (tertiary/aromatic N) is 2. The van der Waals surface area contributed by atoms with Gasteiger partial charge >= 0.3 is 0 Å². The van der Waals surface area contributed by atoms with Gasteiger partial charge in [0.05, 0.1) is 5.75 Å². The van der Waals surface area contributed by atoms with Crippen molar-refractivity contribution in [1.82, 2.24) is 9.97 Å². The van der Waals surface area contributed by atoms with Crippen molar-refractivity contribution in [2.75, 3.05) is 17.2 Å². The molecule has 18 heavy (non-hydrogen) atoms. The van der Waals surface area contributed by atoms with Crippen molar-refractivity contribution in [1.29, 1.82) is 0 Å². The Morgan fingerprint density at radius 3 is 2.83 bits per heavy atom. The lowest BCUT2D eigenvalue weighted by Crippen LogP contribution is -2.30. The van der Waals surface area contributed by atoms with Crippen LogP contribution in [0.25, 0.3) is 0 Å². The fourth-order valence-electron chi connectivity index (χ4n) is 1.92. The molecule has 8 nitrogen and oxygen atoms in total. The Bertz CT molecular complexity index is 623. The standard InChI is InChI=1S/C9H12N4O4S/c10-18(16,17)5-6-3-8(15)13(4-6)9-11-2-1-7(14)12-9/h1-2,6H,3-5H2,(H2,10,16,17)(H,11,12,14). The summed E-state index contributed by atoms with van der Waals surface area (Å²) < 4.78 is 21.9. The predicted molar refractivity (Wildman–Crippen MR) is 63.3 cm³/mol. The summed E-state index contributed by atoms with van der Waals surface area (Å²) in [6, 6.07) is 1.23. The Hall–Kier alpha value is -1.74. The van der Waals surface area contributed by atoms with Crippen LogP contribution >= 0.6 is 0 Å². The number of aromatic amines is 1. The van der Waals surface area contributed by atoms with Gasteiger partial charge in [0, 0.05) is 31.1 Å². The molecule has 1 aromatic heterocycles. The molecule has 3 N–H and O–H groups in total. The third-order valence-electron chi connectivity index (χ3n) is 2.59. The van der Waals surface area contributed by atoms with Crippen LogP contribution in [0.2, 0.25) is 0 Å². The second kappa shape index (κ2) is 4.50. The number of sulfonamides is 1. The van der Waals surface area contributed by atoms with E-state index >= 15 is 0 Å². The summed E-state index contributed by atoms with van der Waals surface area (Å²) in [5.41, 5.74) is -0.373. The van der Waals surface area contributed by atoms with Crippen molar-refractivity contribution in [2.24, 2.45) is 11.1 Å². The minimum Gasteiger partial charge on any atom is -0.292 e. The lowest BCUT2D eigenvalue weighted by atomic mass is 10.1. The van der Waals surface area contributed by atoms with Crippen LogP contribution in [0.15, 0.2) is 17.1 Å². The molecule has 1 aliphatic heterocycles. The van der Waals surface area contributed by atoms with Crippen molar-refractivity contribution in [3.63, 3.8) is 0 Å².